The number of para-hydroxylation sites is 2. The molecule has 3 rings (SSSR count). The minimum Gasteiger partial charge on any atom is -0.323 e. The highest BCUT2D eigenvalue weighted by molar-refractivity contribution is 6.11. The standard InChI is InChI=1S/C17H16N2O2/c1-12(13-7-3-2-4-8-13)17(21)19-11-16(20)18-14-9-5-6-10-15(14)19/h2-10,12H,11H2,1H3,(H,18,20). The average molecular weight is 280 g/mol. The minimum absolute atomic E-state index is 0.0625. The van der Waals surface area contributed by atoms with Gasteiger partial charge >= 0.3 is 0 Å². The first-order valence-electron chi connectivity index (χ1n) is 6.92. The molecule has 1 unspecified atom stereocenters. The molecular formula is C17H16N2O2. The zero-order chi connectivity index (χ0) is 14.8. The molecule has 0 bridgehead atoms. The van der Waals surface area contributed by atoms with Gasteiger partial charge in [-0.2, -0.15) is 0 Å². The number of nitrogens with zero attached hydrogens (tertiary/aromatic N) is 1. The Kier molecular flexibility index (Phi) is 3.44. The highest BCUT2D eigenvalue weighted by Crippen LogP contribution is 2.31. The molecule has 1 heterocycles. The summed E-state index contributed by atoms with van der Waals surface area (Å²) in [5, 5.41) is 2.79. The summed E-state index contributed by atoms with van der Waals surface area (Å²) < 4.78 is 0. The number of rotatable bonds is 2. The van der Waals surface area contributed by atoms with Crippen LogP contribution in [0.1, 0.15) is 18.4 Å². The third-order valence-electron chi connectivity index (χ3n) is 3.71. The molecular weight excluding hydrogens is 264 g/mol. The number of hydrogen-bond acceptors (Lipinski definition) is 2. The number of nitrogens with one attached hydrogen (secondary N) is 1. The Balaban J connectivity index is 1.93. The lowest BCUT2D eigenvalue weighted by molar-refractivity contribution is -0.122. The van der Waals surface area contributed by atoms with Crippen LogP contribution < -0.4 is 10.2 Å². The fourth-order valence-corrected chi connectivity index (χ4v) is 2.55. The summed E-state index contributed by atoms with van der Waals surface area (Å²) in [7, 11) is 0. The van der Waals surface area contributed by atoms with Crippen molar-refractivity contribution in [3.05, 3.63) is 60.2 Å². The van der Waals surface area contributed by atoms with E-state index in [-0.39, 0.29) is 24.3 Å². The molecule has 0 aliphatic carbocycles. The summed E-state index contributed by atoms with van der Waals surface area (Å²) in [6, 6.07) is 17.0. The molecule has 0 saturated carbocycles. The van der Waals surface area contributed by atoms with Crippen molar-refractivity contribution in [1.29, 1.82) is 0 Å². The predicted molar refractivity (Wildman–Crippen MR) is 82.3 cm³/mol. The van der Waals surface area contributed by atoms with Crippen LogP contribution in [-0.4, -0.2) is 18.4 Å². The van der Waals surface area contributed by atoms with E-state index >= 15 is 0 Å². The second kappa shape index (κ2) is 5.40. The molecule has 0 radical (unpaired) electrons. The van der Waals surface area contributed by atoms with E-state index in [2.05, 4.69) is 5.32 Å². The molecule has 0 aromatic heterocycles. The van der Waals surface area contributed by atoms with E-state index < -0.39 is 0 Å². The van der Waals surface area contributed by atoms with Crippen LogP contribution in [-0.2, 0) is 9.59 Å². The van der Waals surface area contributed by atoms with Gasteiger partial charge in [0.1, 0.15) is 6.54 Å². The zero-order valence-electron chi connectivity index (χ0n) is 11.7. The molecule has 2 amide bonds. The zero-order valence-corrected chi connectivity index (χ0v) is 11.7. The van der Waals surface area contributed by atoms with E-state index in [1.165, 1.54) is 0 Å². The number of anilines is 2. The van der Waals surface area contributed by atoms with Crippen molar-refractivity contribution in [1.82, 2.24) is 0 Å². The van der Waals surface area contributed by atoms with Crippen LogP contribution in [0.25, 0.3) is 0 Å². The van der Waals surface area contributed by atoms with Crippen LogP contribution >= 0.6 is 0 Å². The summed E-state index contributed by atoms with van der Waals surface area (Å²) >= 11 is 0. The summed E-state index contributed by atoms with van der Waals surface area (Å²) in [6.45, 7) is 1.93. The lowest BCUT2D eigenvalue weighted by atomic mass is 9.99. The second-order valence-corrected chi connectivity index (χ2v) is 5.12. The van der Waals surface area contributed by atoms with Crippen LogP contribution in [0.2, 0.25) is 0 Å². The first kappa shape index (κ1) is 13.4. The molecule has 1 N–H and O–H groups in total. The number of hydrogen-bond donors (Lipinski definition) is 1. The highest BCUT2D eigenvalue weighted by atomic mass is 16.2. The van der Waals surface area contributed by atoms with Gasteiger partial charge in [0.25, 0.3) is 0 Å². The molecule has 1 aliphatic heterocycles. The molecule has 0 saturated heterocycles. The van der Waals surface area contributed by atoms with Gasteiger partial charge in [-0.05, 0) is 24.6 Å². The Morgan fingerprint density at radius 1 is 1.10 bits per heavy atom. The van der Waals surface area contributed by atoms with Crippen LogP contribution in [0.15, 0.2) is 54.6 Å². The van der Waals surface area contributed by atoms with Gasteiger partial charge in [0.05, 0.1) is 17.3 Å². The Morgan fingerprint density at radius 2 is 1.76 bits per heavy atom. The van der Waals surface area contributed by atoms with Crippen molar-refractivity contribution in [3.63, 3.8) is 0 Å². The third kappa shape index (κ3) is 2.52. The van der Waals surface area contributed by atoms with Gasteiger partial charge in [0, 0.05) is 0 Å². The van der Waals surface area contributed by atoms with Gasteiger partial charge in [-0.1, -0.05) is 42.5 Å². The van der Waals surface area contributed by atoms with Crippen LogP contribution in [0.5, 0.6) is 0 Å². The SMILES string of the molecule is CC(C(=O)N1CC(=O)Nc2ccccc21)c1ccccc1. The maximum absolute atomic E-state index is 12.8. The topological polar surface area (TPSA) is 49.4 Å². The van der Waals surface area contributed by atoms with E-state index in [9.17, 15) is 9.59 Å². The van der Waals surface area contributed by atoms with E-state index in [0.29, 0.717) is 5.69 Å². The van der Waals surface area contributed by atoms with Crippen molar-refractivity contribution in [3.8, 4) is 0 Å². The maximum Gasteiger partial charge on any atom is 0.244 e. The van der Waals surface area contributed by atoms with Gasteiger partial charge < -0.3 is 10.2 Å². The van der Waals surface area contributed by atoms with Crippen molar-refractivity contribution < 1.29 is 9.59 Å². The summed E-state index contributed by atoms with van der Waals surface area (Å²) in [5.41, 5.74) is 2.39. The minimum atomic E-state index is -0.287. The van der Waals surface area contributed by atoms with Crippen molar-refractivity contribution >= 4 is 23.2 Å². The summed E-state index contributed by atoms with van der Waals surface area (Å²) in [5.74, 6) is -0.518. The lowest BCUT2D eigenvalue weighted by Gasteiger charge is -2.31. The molecule has 1 atom stereocenters. The van der Waals surface area contributed by atoms with Crippen molar-refractivity contribution in [2.45, 2.75) is 12.8 Å². The Morgan fingerprint density at radius 3 is 2.52 bits per heavy atom. The number of benzene rings is 2. The van der Waals surface area contributed by atoms with Crippen LogP contribution in [0.4, 0.5) is 11.4 Å². The monoisotopic (exact) mass is 280 g/mol. The van der Waals surface area contributed by atoms with Gasteiger partial charge in [-0.3, -0.25) is 9.59 Å². The molecule has 4 heteroatoms. The average Bonchev–Trinajstić information content (AvgIpc) is 2.53. The molecule has 2 aromatic carbocycles. The summed E-state index contributed by atoms with van der Waals surface area (Å²) in [4.78, 5) is 26.1. The molecule has 0 spiro atoms. The largest absolute Gasteiger partial charge is 0.323 e. The van der Waals surface area contributed by atoms with E-state index in [4.69, 9.17) is 0 Å². The highest BCUT2D eigenvalue weighted by Gasteiger charge is 2.29. The quantitative estimate of drug-likeness (QED) is 0.919. The van der Waals surface area contributed by atoms with Crippen molar-refractivity contribution in [2.75, 3.05) is 16.8 Å². The molecule has 1 aliphatic rings. The second-order valence-electron chi connectivity index (χ2n) is 5.12. The predicted octanol–water partition coefficient (Wildman–Crippen LogP) is 2.78. The number of fused-ring (bicyclic) bond motifs is 1. The van der Waals surface area contributed by atoms with Gasteiger partial charge in [0.15, 0.2) is 0 Å². The van der Waals surface area contributed by atoms with Crippen LogP contribution in [0, 0.1) is 0 Å². The van der Waals surface area contributed by atoms with Crippen molar-refractivity contribution in [2.24, 2.45) is 0 Å². The van der Waals surface area contributed by atoms with Gasteiger partial charge in [-0.15, -0.1) is 0 Å². The number of amides is 2. The van der Waals surface area contributed by atoms with E-state index in [1.807, 2.05) is 55.5 Å². The van der Waals surface area contributed by atoms with Crippen LogP contribution in [0.3, 0.4) is 0 Å². The number of carbonyl (C=O) groups is 2. The Labute approximate surface area is 123 Å². The first-order chi connectivity index (χ1) is 10.2. The molecule has 21 heavy (non-hydrogen) atoms. The number of carbonyl (C=O) groups excluding carboxylic acids is 2. The Hall–Kier alpha value is -2.62. The molecule has 2 aromatic rings. The molecule has 4 nitrogen and oxygen atoms in total. The summed E-state index contributed by atoms with van der Waals surface area (Å²) in [6.07, 6.45) is 0. The van der Waals surface area contributed by atoms with Gasteiger partial charge in [0.2, 0.25) is 11.8 Å². The smallest absolute Gasteiger partial charge is 0.244 e. The Bertz CT molecular complexity index is 682. The molecule has 0 fully saturated rings. The maximum atomic E-state index is 12.8. The first-order valence-corrected chi connectivity index (χ1v) is 6.92. The van der Waals surface area contributed by atoms with E-state index in [0.717, 1.165) is 11.3 Å². The van der Waals surface area contributed by atoms with Gasteiger partial charge in [-0.25, -0.2) is 0 Å². The normalized spacial score (nSPS) is 15.1. The fourth-order valence-electron chi connectivity index (χ4n) is 2.55. The van der Waals surface area contributed by atoms with E-state index in [1.54, 1.807) is 11.0 Å². The molecule has 106 valence electrons. The fraction of sp³-hybridized carbons (Fsp3) is 0.176. The lowest BCUT2D eigenvalue weighted by Crippen LogP contribution is -2.43. The third-order valence-corrected chi connectivity index (χ3v) is 3.71.